The first-order valence-corrected chi connectivity index (χ1v) is 7.53. The van der Waals surface area contributed by atoms with Crippen LogP contribution in [0.1, 0.15) is 39.0 Å². The van der Waals surface area contributed by atoms with E-state index >= 15 is 0 Å². The fourth-order valence-electron chi connectivity index (χ4n) is 2.48. The van der Waals surface area contributed by atoms with Gasteiger partial charge >= 0.3 is 12.0 Å². The highest BCUT2D eigenvalue weighted by Gasteiger charge is 2.28. The van der Waals surface area contributed by atoms with Crippen molar-refractivity contribution in [2.24, 2.45) is 5.92 Å². The van der Waals surface area contributed by atoms with Gasteiger partial charge in [0.25, 0.3) is 0 Å². The van der Waals surface area contributed by atoms with Crippen LogP contribution in [-0.4, -0.2) is 53.1 Å². The molecule has 0 aromatic rings. The predicted molar refractivity (Wildman–Crippen MR) is 75.7 cm³/mol. The summed E-state index contributed by atoms with van der Waals surface area (Å²) in [7, 11) is 0. The van der Waals surface area contributed by atoms with Crippen molar-refractivity contribution in [1.82, 2.24) is 15.5 Å². The van der Waals surface area contributed by atoms with Crippen LogP contribution in [0.25, 0.3) is 0 Å². The van der Waals surface area contributed by atoms with E-state index in [1.54, 1.807) is 11.8 Å². The molecule has 7 heteroatoms. The van der Waals surface area contributed by atoms with Crippen molar-refractivity contribution in [3.63, 3.8) is 0 Å². The Morgan fingerprint density at radius 1 is 1.19 bits per heavy atom. The summed E-state index contributed by atoms with van der Waals surface area (Å²) in [5, 5.41) is 14.3. The molecule has 118 valence electrons. The molecule has 7 nitrogen and oxygen atoms in total. The van der Waals surface area contributed by atoms with Crippen molar-refractivity contribution in [3.05, 3.63) is 0 Å². The van der Waals surface area contributed by atoms with Gasteiger partial charge in [-0.1, -0.05) is 0 Å². The first kappa shape index (κ1) is 15.6. The topological polar surface area (TPSA) is 98.7 Å². The number of nitrogens with zero attached hydrogens (tertiary/aromatic N) is 1. The van der Waals surface area contributed by atoms with Gasteiger partial charge in [-0.05, 0) is 38.5 Å². The van der Waals surface area contributed by atoms with Gasteiger partial charge in [-0.25, -0.2) is 4.79 Å². The van der Waals surface area contributed by atoms with Crippen molar-refractivity contribution in [1.29, 1.82) is 0 Å². The lowest BCUT2D eigenvalue weighted by molar-refractivity contribution is -0.138. The van der Waals surface area contributed by atoms with E-state index < -0.39 is 12.0 Å². The molecule has 1 saturated carbocycles. The van der Waals surface area contributed by atoms with Crippen LogP contribution in [0.5, 0.6) is 0 Å². The number of likely N-dealkylation sites (tertiary alicyclic amines) is 1. The van der Waals surface area contributed by atoms with E-state index in [1.807, 2.05) is 0 Å². The van der Waals surface area contributed by atoms with Crippen LogP contribution in [-0.2, 0) is 9.59 Å². The number of carboxylic acids is 1. The Morgan fingerprint density at radius 2 is 1.81 bits per heavy atom. The van der Waals surface area contributed by atoms with Gasteiger partial charge in [-0.15, -0.1) is 0 Å². The van der Waals surface area contributed by atoms with Crippen LogP contribution in [0.4, 0.5) is 4.79 Å². The van der Waals surface area contributed by atoms with Crippen LogP contribution in [0.3, 0.4) is 0 Å². The molecular weight excluding hydrogens is 274 g/mol. The molecule has 2 aliphatic rings. The number of carboxylic acid groups (broad SMARTS) is 1. The SMILES string of the molecule is CC(NC(=O)N1CCC(CC(=O)O)CC1)C(=O)NC1CC1. The molecule has 2 rings (SSSR count). The maximum atomic E-state index is 12.1. The van der Waals surface area contributed by atoms with Crippen molar-refractivity contribution >= 4 is 17.9 Å². The molecule has 3 N–H and O–H groups in total. The summed E-state index contributed by atoms with van der Waals surface area (Å²) in [4.78, 5) is 36.1. The number of aliphatic carboxylic acids is 1. The number of piperidine rings is 1. The summed E-state index contributed by atoms with van der Waals surface area (Å²) in [6.45, 7) is 2.76. The smallest absolute Gasteiger partial charge is 0.318 e. The molecule has 0 spiro atoms. The minimum absolute atomic E-state index is 0.141. The van der Waals surface area contributed by atoms with Crippen molar-refractivity contribution in [3.8, 4) is 0 Å². The number of amides is 3. The highest BCUT2D eigenvalue weighted by atomic mass is 16.4. The average Bonchev–Trinajstić information content (AvgIpc) is 3.22. The second-order valence-corrected chi connectivity index (χ2v) is 5.98. The van der Waals surface area contributed by atoms with Gasteiger partial charge in [0, 0.05) is 25.6 Å². The second-order valence-electron chi connectivity index (χ2n) is 5.98. The third-order valence-electron chi connectivity index (χ3n) is 4.02. The van der Waals surface area contributed by atoms with E-state index in [9.17, 15) is 14.4 Å². The molecule has 1 unspecified atom stereocenters. The summed E-state index contributed by atoms with van der Waals surface area (Å²) in [6.07, 6.45) is 3.59. The number of urea groups is 1. The highest BCUT2D eigenvalue weighted by Crippen LogP contribution is 2.20. The normalized spacial score (nSPS) is 20.7. The van der Waals surface area contributed by atoms with E-state index in [1.165, 1.54) is 0 Å². The maximum Gasteiger partial charge on any atom is 0.318 e. The first-order chi connectivity index (χ1) is 9.95. The number of hydrogen-bond acceptors (Lipinski definition) is 3. The van der Waals surface area contributed by atoms with E-state index in [0.717, 1.165) is 12.8 Å². The van der Waals surface area contributed by atoms with Crippen LogP contribution in [0.15, 0.2) is 0 Å². The van der Waals surface area contributed by atoms with Crippen molar-refractivity contribution in [2.45, 2.75) is 51.1 Å². The molecule has 1 heterocycles. The van der Waals surface area contributed by atoms with Gasteiger partial charge in [0.2, 0.25) is 5.91 Å². The van der Waals surface area contributed by atoms with Gasteiger partial charge in [0.15, 0.2) is 0 Å². The lowest BCUT2D eigenvalue weighted by Crippen LogP contribution is -2.51. The summed E-state index contributed by atoms with van der Waals surface area (Å²) >= 11 is 0. The van der Waals surface area contributed by atoms with Gasteiger partial charge in [0.1, 0.15) is 6.04 Å². The fraction of sp³-hybridized carbons (Fsp3) is 0.786. The zero-order valence-corrected chi connectivity index (χ0v) is 12.3. The lowest BCUT2D eigenvalue weighted by atomic mass is 9.94. The minimum atomic E-state index is -0.789. The van der Waals surface area contributed by atoms with E-state index in [2.05, 4.69) is 10.6 Å². The van der Waals surface area contributed by atoms with Crippen LogP contribution in [0, 0.1) is 5.92 Å². The van der Waals surface area contributed by atoms with Crippen molar-refractivity contribution < 1.29 is 19.5 Å². The van der Waals surface area contributed by atoms with Gasteiger partial charge < -0.3 is 20.6 Å². The molecule has 1 aliphatic carbocycles. The number of carbonyl (C=O) groups excluding carboxylic acids is 2. The Bertz CT molecular complexity index is 414. The number of rotatable bonds is 5. The maximum absolute atomic E-state index is 12.1. The molecule has 1 saturated heterocycles. The van der Waals surface area contributed by atoms with E-state index in [0.29, 0.717) is 25.9 Å². The number of nitrogens with one attached hydrogen (secondary N) is 2. The van der Waals surface area contributed by atoms with Gasteiger partial charge in [-0.2, -0.15) is 0 Å². The molecule has 0 aromatic carbocycles. The van der Waals surface area contributed by atoms with E-state index in [-0.39, 0.29) is 30.3 Å². The summed E-state index contributed by atoms with van der Waals surface area (Å²) in [6, 6.07) is -0.513. The summed E-state index contributed by atoms with van der Waals surface area (Å²) in [5.74, 6) is -0.794. The number of carbonyl (C=O) groups is 3. The molecule has 1 aliphatic heterocycles. The minimum Gasteiger partial charge on any atom is -0.481 e. The zero-order valence-electron chi connectivity index (χ0n) is 12.3. The standard InChI is InChI=1S/C14H23N3O4/c1-9(13(20)16-11-2-3-11)15-14(21)17-6-4-10(5-7-17)8-12(18)19/h9-11H,2-8H2,1H3,(H,15,21)(H,16,20)(H,18,19). The number of hydrogen-bond donors (Lipinski definition) is 3. The van der Waals surface area contributed by atoms with Crippen LogP contribution in [0.2, 0.25) is 0 Å². The fourth-order valence-corrected chi connectivity index (χ4v) is 2.48. The third kappa shape index (κ3) is 4.91. The molecule has 2 fully saturated rings. The Labute approximate surface area is 124 Å². The van der Waals surface area contributed by atoms with Crippen molar-refractivity contribution in [2.75, 3.05) is 13.1 Å². The third-order valence-corrected chi connectivity index (χ3v) is 4.02. The predicted octanol–water partition coefficient (Wildman–Crippen LogP) is 0.550. The zero-order chi connectivity index (χ0) is 15.4. The quantitative estimate of drug-likeness (QED) is 0.690. The largest absolute Gasteiger partial charge is 0.481 e. The molecule has 0 bridgehead atoms. The Morgan fingerprint density at radius 3 is 2.33 bits per heavy atom. The highest BCUT2D eigenvalue weighted by molar-refractivity contribution is 5.87. The van der Waals surface area contributed by atoms with Crippen LogP contribution >= 0.6 is 0 Å². The molecule has 0 aromatic heterocycles. The first-order valence-electron chi connectivity index (χ1n) is 7.53. The molecular formula is C14H23N3O4. The Kier molecular flexibility index (Phi) is 5.03. The molecule has 1 atom stereocenters. The summed E-state index contributed by atoms with van der Waals surface area (Å²) < 4.78 is 0. The molecule has 3 amide bonds. The Hall–Kier alpha value is -1.79. The summed E-state index contributed by atoms with van der Waals surface area (Å²) in [5.41, 5.74) is 0. The van der Waals surface area contributed by atoms with Gasteiger partial charge in [0.05, 0.1) is 0 Å². The van der Waals surface area contributed by atoms with Gasteiger partial charge in [-0.3, -0.25) is 9.59 Å². The molecule has 0 radical (unpaired) electrons. The van der Waals surface area contributed by atoms with E-state index in [4.69, 9.17) is 5.11 Å². The lowest BCUT2D eigenvalue weighted by Gasteiger charge is -2.32. The Balaban J connectivity index is 1.71. The molecule has 21 heavy (non-hydrogen) atoms. The average molecular weight is 297 g/mol. The van der Waals surface area contributed by atoms with Crippen LogP contribution < -0.4 is 10.6 Å². The monoisotopic (exact) mass is 297 g/mol. The second kappa shape index (κ2) is 6.78.